The first-order valence-corrected chi connectivity index (χ1v) is 5.50. The van der Waals surface area contributed by atoms with E-state index in [1.165, 1.54) is 0 Å². The minimum absolute atomic E-state index is 0.0741. The monoisotopic (exact) mass is 271 g/mol. The Hall–Kier alpha value is -0.490. The number of terminal acetylenes is 1. The summed E-state index contributed by atoms with van der Waals surface area (Å²) in [5.74, 6) is 2.68. The summed E-state index contributed by atoms with van der Waals surface area (Å²) >= 11 is 9.31. The molecule has 0 saturated carbocycles. The highest BCUT2D eigenvalue weighted by molar-refractivity contribution is 9.10. The first-order valence-electron chi connectivity index (χ1n) is 4.33. The summed E-state index contributed by atoms with van der Waals surface area (Å²) in [6, 6.07) is 5.61. The van der Waals surface area contributed by atoms with Crippen molar-refractivity contribution in [2.45, 2.75) is 13.0 Å². The zero-order valence-corrected chi connectivity index (χ0v) is 10.2. The van der Waals surface area contributed by atoms with Gasteiger partial charge in [0.2, 0.25) is 0 Å². The molecule has 1 nitrogen and oxygen atoms in total. The Morgan fingerprint density at radius 1 is 1.57 bits per heavy atom. The van der Waals surface area contributed by atoms with Crippen LogP contribution < -0.4 is 5.32 Å². The summed E-state index contributed by atoms with van der Waals surface area (Å²) in [5, 5.41) is 3.87. The Kier molecular flexibility index (Phi) is 4.47. The van der Waals surface area contributed by atoms with Crippen molar-refractivity contribution in [3.05, 3.63) is 33.3 Å². The Bertz CT molecular complexity index is 337. The van der Waals surface area contributed by atoms with Crippen LogP contribution in [-0.4, -0.2) is 6.54 Å². The molecule has 1 aromatic rings. The normalized spacial score (nSPS) is 12.1. The van der Waals surface area contributed by atoms with E-state index in [2.05, 4.69) is 27.2 Å². The SMILES string of the molecule is C#CC(NCC)c1cc(Cl)cc(Br)c1. The van der Waals surface area contributed by atoms with Crippen molar-refractivity contribution in [1.29, 1.82) is 0 Å². The molecule has 0 bridgehead atoms. The Labute approximate surface area is 98.0 Å². The highest BCUT2D eigenvalue weighted by Gasteiger charge is 2.07. The molecule has 1 unspecified atom stereocenters. The van der Waals surface area contributed by atoms with Gasteiger partial charge in [0.1, 0.15) is 0 Å². The van der Waals surface area contributed by atoms with Crippen molar-refractivity contribution in [3.63, 3.8) is 0 Å². The third-order valence-electron chi connectivity index (χ3n) is 1.79. The van der Waals surface area contributed by atoms with Crippen molar-refractivity contribution in [3.8, 4) is 12.3 Å². The van der Waals surface area contributed by atoms with Gasteiger partial charge in [0.05, 0.1) is 6.04 Å². The summed E-state index contributed by atoms with van der Waals surface area (Å²) in [4.78, 5) is 0. The first-order chi connectivity index (χ1) is 6.67. The van der Waals surface area contributed by atoms with E-state index in [0.717, 1.165) is 16.6 Å². The third kappa shape index (κ3) is 3.02. The summed E-state index contributed by atoms with van der Waals surface area (Å²) in [6.45, 7) is 2.85. The standard InChI is InChI=1S/C11H11BrClN/c1-3-11(14-4-2)8-5-9(12)7-10(13)6-8/h1,5-7,11,14H,4H2,2H3. The average Bonchev–Trinajstić information content (AvgIpc) is 2.12. The van der Waals surface area contributed by atoms with Crippen LogP contribution in [0.15, 0.2) is 22.7 Å². The largest absolute Gasteiger partial charge is 0.300 e. The molecule has 0 spiro atoms. The second-order valence-corrected chi connectivity index (χ2v) is 4.21. The van der Waals surface area contributed by atoms with Gasteiger partial charge in [-0.2, -0.15) is 0 Å². The molecule has 3 heteroatoms. The number of benzene rings is 1. The number of hydrogen-bond donors (Lipinski definition) is 1. The number of nitrogens with one attached hydrogen (secondary N) is 1. The highest BCUT2D eigenvalue weighted by atomic mass is 79.9. The lowest BCUT2D eigenvalue weighted by atomic mass is 10.1. The predicted octanol–water partition coefficient (Wildman–Crippen LogP) is 3.39. The highest BCUT2D eigenvalue weighted by Crippen LogP contribution is 2.23. The van der Waals surface area contributed by atoms with Crippen LogP contribution in [0, 0.1) is 12.3 Å². The molecule has 0 radical (unpaired) electrons. The molecule has 0 aliphatic rings. The van der Waals surface area contributed by atoms with Gasteiger partial charge in [0.15, 0.2) is 0 Å². The van der Waals surface area contributed by atoms with Crippen molar-refractivity contribution in [1.82, 2.24) is 5.32 Å². The lowest BCUT2D eigenvalue weighted by Crippen LogP contribution is -2.19. The maximum Gasteiger partial charge on any atom is 0.0944 e. The van der Waals surface area contributed by atoms with Crippen LogP contribution in [0.1, 0.15) is 18.5 Å². The molecule has 1 N–H and O–H groups in total. The Morgan fingerprint density at radius 3 is 2.79 bits per heavy atom. The van der Waals surface area contributed by atoms with E-state index >= 15 is 0 Å². The van der Waals surface area contributed by atoms with E-state index in [9.17, 15) is 0 Å². The van der Waals surface area contributed by atoms with E-state index < -0.39 is 0 Å². The second-order valence-electron chi connectivity index (χ2n) is 2.86. The van der Waals surface area contributed by atoms with Crippen LogP contribution >= 0.6 is 27.5 Å². The van der Waals surface area contributed by atoms with Gasteiger partial charge in [-0.1, -0.05) is 40.4 Å². The maximum absolute atomic E-state index is 5.92. The predicted molar refractivity (Wildman–Crippen MR) is 64.4 cm³/mol. The molecule has 1 atom stereocenters. The van der Waals surface area contributed by atoms with Gasteiger partial charge in [-0.3, -0.25) is 0 Å². The van der Waals surface area contributed by atoms with Crippen LogP contribution in [0.5, 0.6) is 0 Å². The summed E-state index contributed by atoms with van der Waals surface area (Å²) in [6.07, 6.45) is 5.42. The van der Waals surface area contributed by atoms with E-state index in [1.54, 1.807) is 0 Å². The molecular weight excluding hydrogens is 261 g/mol. The number of rotatable bonds is 3. The topological polar surface area (TPSA) is 12.0 Å². The van der Waals surface area contributed by atoms with Crippen LogP contribution in [-0.2, 0) is 0 Å². The summed E-state index contributed by atoms with van der Waals surface area (Å²) < 4.78 is 0.943. The van der Waals surface area contributed by atoms with E-state index in [-0.39, 0.29) is 6.04 Å². The average molecular weight is 273 g/mol. The maximum atomic E-state index is 5.92. The molecule has 0 fully saturated rings. The van der Waals surface area contributed by atoms with Crippen LogP contribution in [0.3, 0.4) is 0 Å². The van der Waals surface area contributed by atoms with Gasteiger partial charge in [-0.25, -0.2) is 0 Å². The minimum Gasteiger partial charge on any atom is -0.300 e. The third-order valence-corrected chi connectivity index (χ3v) is 2.47. The molecule has 0 saturated heterocycles. The van der Waals surface area contributed by atoms with Gasteiger partial charge in [0.25, 0.3) is 0 Å². The molecule has 0 amide bonds. The first kappa shape index (κ1) is 11.6. The van der Waals surface area contributed by atoms with Crippen molar-refractivity contribution in [2.75, 3.05) is 6.54 Å². The Balaban J connectivity index is 2.99. The van der Waals surface area contributed by atoms with Crippen LogP contribution in [0.4, 0.5) is 0 Å². The molecular formula is C11H11BrClN. The Morgan fingerprint density at radius 2 is 2.29 bits per heavy atom. The lowest BCUT2D eigenvalue weighted by molar-refractivity contribution is 0.665. The molecule has 1 aromatic carbocycles. The zero-order valence-electron chi connectivity index (χ0n) is 7.85. The summed E-state index contributed by atoms with van der Waals surface area (Å²) in [5.41, 5.74) is 1.01. The molecule has 74 valence electrons. The van der Waals surface area contributed by atoms with E-state index in [0.29, 0.717) is 5.02 Å². The zero-order chi connectivity index (χ0) is 10.6. The fourth-order valence-electron chi connectivity index (χ4n) is 1.22. The van der Waals surface area contributed by atoms with Crippen molar-refractivity contribution < 1.29 is 0 Å². The molecule has 0 aromatic heterocycles. The fraction of sp³-hybridized carbons (Fsp3) is 0.273. The molecule has 14 heavy (non-hydrogen) atoms. The van der Waals surface area contributed by atoms with Gasteiger partial charge in [-0.15, -0.1) is 6.42 Å². The van der Waals surface area contributed by atoms with Crippen molar-refractivity contribution in [2.24, 2.45) is 0 Å². The number of hydrogen-bond acceptors (Lipinski definition) is 1. The second kappa shape index (κ2) is 5.41. The van der Waals surface area contributed by atoms with Gasteiger partial charge >= 0.3 is 0 Å². The lowest BCUT2D eigenvalue weighted by Gasteiger charge is -2.12. The molecule has 0 aliphatic heterocycles. The quantitative estimate of drug-likeness (QED) is 0.832. The molecule has 0 aliphatic carbocycles. The van der Waals surface area contributed by atoms with Gasteiger partial charge < -0.3 is 5.32 Å². The number of halogens is 2. The smallest absolute Gasteiger partial charge is 0.0944 e. The van der Waals surface area contributed by atoms with E-state index in [1.807, 2.05) is 25.1 Å². The van der Waals surface area contributed by atoms with Crippen LogP contribution in [0.25, 0.3) is 0 Å². The summed E-state index contributed by atoms with van der Waals surface area (Å²) in [7, 11) is 0. The van der Waals surface area contributed by atoms with Gasteiger partial charge in [0, 0.05) is 9.50 Å². The van der Waals surface area contributed by atoms with Gasteiger partial charge in [-0.05, 0) is 30.3 Å². The van der Waals surface area contributed by atoms with Crippen molar-refractivity contribution >= 4 is 27.5 Å². The van der Waals surface area contributed by atoms with Crippen LogP contribution in [0.2, 0.25) is 5.02 Å². The minimum atomic E-state index is -0.0741. The molecule has 1 rings (SSSR count). The fourth-order valence-corrected chi connectivity index (χ4v) is 2.11. The van der Waals surface area contributed by atoms with E-state index in [4.69, 9.17) is 18.0 Å². The molecule has 0 heterocycles.